The van der Waals surface area contributed by atoms with Gasteiger partial charge in [0.15, 0.2) is 0 Å². The molecule has 4 aliphatic rings. The summed E-state index contributed by atoms with van der Waals surface area (Å²) in [5.41, 5.74) is 8.74. The molecular formula is C18H34N6O2. The molecule has 0 saturated carbocycles. The molecule has 4 heterocycles. The summed E-state index contributed by atoms with van der Waals surface area (Å²) in [4.78, 5) is 22.2. The number of primary amides is 1. The Morgan fingerprint density at radius 1 is 1.15 bits per heavy atom. The van der Waals surface area contributed by atoms with Gasteiger partial charge in [-0.1, -0.05) is 0 Å². The van der Waals surface area contributed by atoms with Crippen LogP contribution in [0.1, 0.15) is 38.5 Å². The first-order valence-corrected chi connectivity index (χ1v) is 10.3. The summed E-state index contributed by atoms with van der Waals surface area (Å²) in [5, 5.41) is 7.36. The summed E-state index contributed by atoms with van der Waals surface area (Å²) >= 11 is 0. The summed E-state index contributed by atoms with van der Waals surface area (Å²) in [7, 11) is 2.19. The number of rotatable bonds is 4. The van der Waals surface area contributed by atoms with E-state index in [0.29, 0.717) is 18.1 Å². The van der Waals surface area contributed by atoms with Gasteiger partial charge in [0.2, 0.25) is 5.91 Å². The van der Waals surface area contributed by atoms with E-state index < -0.39 is 0 Å². The van der Waals surface area contributed by atoms with Crippen LogP contribution in [0.4, 0.5) is 0 Å². The Balaban J connectivity index is 1.28. The average Bonchev–Trinajstić information content (AvgIpc) is 3.30. The van der Waals surface area contributed by atoms with Crippen molar-refractivity contribution in [3.05, 3.63) is 0 Å². The number of piperidine rings is 2. The molecule has 0 spiro atoms. The molecule has 5 N–H and O–H groups in total. The van der Waals surface area contributed by atoms with Crippen molar-refractivity contribution in [3.63, 3.8) is 0 Å². The summed E-state index contributed by atoms with van der Waals surface area (Å²) in [5.74, 6) is 0.465. The third-order valence-electron chi connectivity index (χ3n) is 6.86. The topological polar surface area (TPSA) is 94.9 Å². The first-order chi connectivity index (χ1) is 12.6. The molecule has 4 fully saturated rings. The van der Waals surface area contributed by atoms with Crippen molar-refractivity contribution in [1.82, 2.24) is 25.9 Å². The van der Waals surface area contributed by atoms with Crippen LogP contribution in [0.15, 0.2) is 0 Å². The summed E-state index contributed by atoms with van der Waals surface area (Å²) < 4.78 is 0. The molecular weight excluding hydrogens is 332 g/mol. The number of nitrogens with zero attached hydrogens (tertiary/aromatic N) is 2. The lowest BCUT2D eigenvalue weighted by atomic mass is 9.90. The molecule has 0 aromatic carbocycles. The Labute approximate surface area is 156 Å². The quantitative estimate of drug-likeness (QED) is 0.527. The van der Waals surface area contributed by atoms with Crippen LogP contribution in [0.5, 0.6) is 0 Å². The van der Waals surface area contributed by atoms with E-state index >= 15 is 0 Å². The third-order valence-corrected chi connectivity index (χ3v) is 6.86. The van der Waals surface area contributed by atoms with Crippen LogP contribution < -0.4 is 21.8 Å². The highest BCUT2D eigenvalue weighted by Crippen LogP contribution is 2.28. The highest BCUT2D eigenvalue weighted by atomic mass is 16.7. The molecule has 4 aliphatic heterocycles. The van der Waals surface area contributed by atoms with Crippen LogP contribution in [0.25, 0.3) is 0 Å². The Kier molecular flexibility index (Phi) is 5.78. The van der Waals surface area contributed by atoms with Gasteiger partial charge in [-0.25, -0.2) is 0 Å². The van der Waals surface area contributed by atoms with Gasteiger partial charge >= 0.3 is 0 Å². The van der Waals surface area contributed by atoms with Crippen molar-refractivity contribution in [2.24, 2.45) is 17.6 Å². The maximum Gasteiger partial charge on any atom is 0.220 e. The van der Waals surface area contributed by atoms with E-state index in [9.17, 15) is 4.79 Å². The third kappa shape index (κ3) is 3.90. The van der Waals surface area contributed by atoms with Gasteiger partial charge in [-0.3, -0.25) is 24.7 Å². The molecule has 26 heavy (non-hydrogen) atoms. The highest BCUT2D eigenvalue weighted by Gasteiger charge is 2.40. The summed E-state index contributed by atoms with van der Waals surface area (Å²) in [6, 6.07) is 0.470. The molecule has 5 unspecified atom stereocenters. The minimum Gasteiger partial charge on any atom is -0.369 e. The summed E-state index contributed by atoms with van der Waals surface area (Å²) in [6.07, 6.45) is 7.18. The van der Waals surface area contributed by atoms with Gasteiger partial charge in [-0.05, 0) is 64.6 Å². The fraction of sp³-hybridized carbons (Fsp3) is 0.944. The van der Waals surface area contributed by atoms with Crippen molar-refractivity contribution in [2.75, 3.05) is 33.2 Å². The summed E-state index contributed by atoms with van der Waals surface area (Å²) in [6.45, 7) is 4.09. The largest absolute Gasteiger partial charge is 0.369 e. The molecule has 4 rings (SSSR count). The van der Waals surface area contributed by atoms with Crippen molar-refractivity contribution in [1.29, 1.82) is 0 Å². The smallest absolute Gasteiger partial charge is 0.220 e. The molecule has 4 saturated heterocycles. The zero-order valence-corrected chi connectivity index (χ0v) is 15.8. The van der Waals surface area contributed by atoms with E-state index in [4.69, 9.17) is 10.6 Å². The molecule has 1 amide bonds. The monoisotopic (exact) mass is 366 g/mol. The normalized spacial score (nSPS) is 40.9. The molecule has 148 valence electrons. The fourth-order valence-corrected chi connectivity index (χ4v) is 5.13. The number of nitrogens with one attached hydrogen (secondary N) is 3. The Morgan fingerprint density at radius 2 is 1.96 bits per heavy atom. The minimum absolute atomic E-state index is 0.0568. The van der Waals surface area contributed by atoms with Crippen LogP contribution in [-0.2, 0) is 9.63 Å². The zero-order chi connectivity index (χ0) is 18.1. The standard InChI is InChI=1S/C18H34N6O2/c1-23-8-2-3-14(23)18-21-17(22-26-18)13-4-7-20-15(11-13)24-9-5-12(6-10-24)16(19)25/h12-15,17-18,20-22H,2-11H2,1H3,(H2,19,25). The van der Waals surface area contributed by atoms with Crippen molar-refractivity contribution >= 4 is 5.91 Å². The van der Waals surface area contributed by atoms with Gasteiger partial charge in [0.1, 0.15) is 6.23 Å². The van der Waals surface area contributed by atoms with Gasteiger partial charge in [-0.2, -0.15) is 5.48 Å². The molecule has 0 aromatic heterocycles. The predicted octanol–water partition coefficient (Wildman–Crippen LogP) is -0.620. The number of hydrogen-bond donors (Lipinski definition) is 4. The van der Waals surface area contributed by atoms with E-state index in [2.05, 4.69) is 33.0 Å². The number of carbonyl (C=O) groups excluding carboxylic acids is 1. The highest BCUT2D eigenvalue weighted by molar-refractivity contribution is 5.76. The number of nitrogens with two attached hydrogens (primary N) is 1. The van der Waals surface area contributed by atoms with Gasteiger partial charge < -0.3 is 11.1 Å². The second-order valence-corrected chi connectivity index (χ2v) is 8.46. The van der Waals surface area contributed by atoms with Gasteiger partial charge in [0.25, 0.3) is 0 Å². The Bertz CT molecular complexity index is 498. The van der Waals surface area contributed by atoms with E-state index in [1.807, 2.05) is 0 Å². The van der Waals surface area contributed by atoms with Crippen molar-refractivity contribution in [2.45, 2.75) is 63.1 Å². The van der Waals surface area contributed by atoms with E-state index in [-0.39, 0.29) is 24.2 Å². The van der Waals surface area contributed by atoms with Crippen LogP contribution in [0.3, 0.4) is 0 Å². The number of likely N-dealkylation sites (N-methyl/N-ethyl adjacent to an activating group) is 1. The van der Waals surface area contributed by atoms with Crippen molar-refractivity contribution in [3.8, 4) is 0 Å². The molecule has 8 nitrogen and oxygen atoms in total. The molecule has 0 bridgehead atoms. The second-order valence-electron chi connectivity index (χ2n) is 8.46. The van der Waals surface area contributed by atoms with Crippen LogP contribution in [0.2, 0.25) is 0 Å². The molecule has 5 atom stereocenters. The first-order valence-electron chi connectivity index (χ1n) is 10.3. The minimum atomic E-state index is -0.140. The Morgan fingerprint density at radius 3 is 2.65 bits per heavy atom. The Hall–Kier alpha value is -0.770. The average molecular weight is 367 g/mol. The lowest BCUT2D eigenvalue weighted by molar-refractivity contribution is -0.123. The van der Waals surface area contributed by atoms with Crippen molar-refractivity contribution < 1.29 is 9.63 Å². The second kappa shape index (κ2) is 8.08. The van der Waals surface area contributed by atoms with Crippen LogP contribution in [0, 0.1) is 11.8 Å². The van der Waals surface area contributed by atoms with E-state index in [1.165, 1.54) is 12.8 Å². The van der Waals surface area contributed by atoms with Gasteiger partial charge in [-0.15, -0.1) is 0 Å². The molecule has 0 aromatic rings. The van der Waals surface area contributed by atoms with Gasteiger partial charge in [0.05, 0.1) is 18.4 Å². The molecule has 0 radical (unpaired) electrons. The molecule has 0 aliphatic carbocycles. The van der Waals surface area contributed by atoms with Crippen LogP contribution in [-0.4, -0.2) is 73.5 Å². The number of hydrogen-bond acceptors (Lipinski definition) is 7. The van der Waals surface area contributed by atoms with Gasteiger partial charge in [0, 0.05) is 19.0 Å². The fourth-order valence-electron chi connectivity index (χ4n) is 5.13. The lowest BCUT2D eigenvalue weighted by Crippen LogP contribution is -2.56. The number of hydroxylamine groups is 1. The number of amides is 1. The number of likely N-dealkylation sites (tertiary alicyclic amines) is 2. The zero-order valence-electron chi connectivity index (χ0n) is 15.8. The SMILES string of the molecule is CN1CCCC1C1NC(C2CCNC(N3CCC(C(N)=O)CC3)C2)NO1. The number of carbonyl (C=O) groups is 1. The predicted molar refractivity (Wildman–Crippen MR) is 98.6 cm³/mol. The maximum absolute atomic E-state index is 11.4. The van der Waals surface area contributed by atoms with E-state index in [1.54, 1.807) is 0 Å². The maximum atomic E-state index is 11.4. The lowest BCUT2D eigenvalue weighted by Gasteiger charge is -2.42. The molecule has 8 heteroatoms. The first kappa shape index (κ1) is 18.6. The van der Waals surface area contributed by atoms with E-state index in [0.717, 1.165) is 51.9 Å². The van der Waals surface area contributed by atoms with Crippen LogP contribution >= 0.6 is 0 Å².